The number of ether oxygens (including phenoxy) is 1. The summed E-state index contributed by atoms with van der Waals surface area (Å²) in [6.07, 6.45) is -4.94. The minimum Gasteiger partial charge on any atom is -0.406 e. The summed E-state index contributed by atoms with van der Waals surface area (Å²) in [5.41, 5.74) is -2.17. The van der Waals surface area contributed by atoms with Crippen molar-refractivity contribution in [1.82, 2.24) is 0 Å². The van der Waals surface area contributed by atoms with Gasteiger partial charge in [0.1, 0.15) is 5.75 Å². The van der Waals surface area contributed by atoms with E-state index in [2.05, 4.69) is 20.7 Å². The van der Waals surface area contributed by atoms with Crippen LogP contribution in [-0.4, -0.2) is 6.36 Å². The lowest BCUT2D eigenvalue weighted by Gasteiger charge is -2.12. The highest BCUT2D eigenvalue weighted by Gasteiger charge is 2.31. The zero-order valence-electron chi connectivity index (χ0n) is 10.9. The Kier molecular flexibility index (Phi) is 4.88. The smallest absolute Gasteiger partial charge is 0.406 e. The van der Waals surface area contributed by atoms with E-state index in [1.165, 1.54) is 0 Å². The predicted octanol–water partition coefficient (Wildman–Crippen LogP) is 5.70. The third-order valence-electron chi connectivity index (χ3n) is 2.86. The number of hydrogen-bond donors (Lipinski definition) is 0. The Hall–Kier alpha value is -1.77. The molecule has 124 valence electrons. The Morgan fingerprint density at radius 2 is 1.30 bits per heavy atom. The first kappa shape index (κ1) is 17.6. The van der Waals surface area contributed by atoms with E-state index in [-0.39, 0.29) is 5.56 Å². The first-order valence-corrected chi connectivity index (χ1v) is 7.04. The summed E-state index contributed by atoms with van der Waals surface area (Å²) in [5.74, 6) is -7.07. The van der Waals surface area contributed by atoms with Crippen LogP contribution in [0, 0.1) is 23.3 Å². The monoisotopic (exact) mass is 402 g/mol. The lowest BCUT2D eigenvalue weighted by molar-refractivity contribution is -0.274. The second kappa shape index (κ2) is 6.38. The van der Waals surface area contributed by atoms with Gasteiger partial charge in [0.15, 0.2) is 23.3 Å². The molecule has 1 nitrogen and oxygen atoms in total. The van der Waals surface area contributed by atoms with Crippen LogP contribution in [0.4, 0.5) is 30.7 Å². The number of benzene rings is 2. The summed E-state index contributed by atoms with van der Waals surface area (Å²) in [4.78, 5) is 0. The van der Waals surface area contributed by atoms with Gasteiger partial charge in [0.25, 0.3) is 0 Å². The highest BCUT2D eigenvalue weighted by molar-refractivity contribution is 9.08. The van der Waals surface area contributed by atoms with E-state index in [1.54, 1.807) is 0 Å². The van der Waals surface area contributed by atoms with E-state index >= 15 is 0 Å². The maximum Gasteiger partial charge on any atom is 0.573 e. The lowest BCUT2D eigenvalue weighted by Crippen LogP contribution is -2.17. The first-order valence-electron chi connectivity index (χ1n) is 5.92. The highest BCUT2D eigenvalue weighted by atomic mass is 79.9. The zero-order valence-corrected chi connectivity index (χ0v) is 12.5. The molecule has 0 radical (unpaired) electrons. The van der Waals surface area contributed by atoms with Crippen molar-refractivity contribution in [1.29, 1.82) is 0 Å². The van der Waals surface area contributed by atoms with Crippen molar-refractivity contribution in [2.24, 2.45) is 0 Å². The third-order valence-corrected chi connectivity index (χ3v) is 3.43. The number of hydrogen-bond acceptors (Lipinski definition) is 1. The summed E-state index contributed by atoms with van der Waals surface area (Å²) >= 11 is 2.71. The minimum absolute atomic E-state index is 0.339. The molecule has 2 rings (SSSR count). The fourth-order valence-corrected chi connectivity index (χ4v) is 2.36. The first-order chi connectivity index (χ1) is 10.7. The molecule has 0 saturated carbocycles. The molecule has 0 fully saturated rings. The van der Waals surface area contributed by atoms with Gasteiger partial charge in [-0.25, -0.2) is 17.6 Å². The van der Waals surface area contributed by atoms with Crippen LogP contribution < -0.4 is 4.74 Å². The van der Waals surface area contributed by atoms with E-state index < -0.39 is 51.8 Å². The summed E-state index contributed by atoms with van der Waals surface area (Å²) in [6, 6.07) is 3.26. The van der Waals surface area contributed by atoms with Crippen molar-refractivity contribution in [2.75, 3.05) is 0 Å². The van der Waals surface area contributed by atoms with Crippen LogP contribution in [0.15, 0.2) is 24.3 Å². The minimum atomic E-state index is -4.94. The molecule has 0 N–H and O–H groups in total. The van der Waals surface area contributed by atoms with Gasteiger partial charge in [-0.3, -0.25) is 0 Å². The zero-order chi connectivity index (χ0) is 17.4. The molecule has 0 amide bonds. The maximum absolute atomic E-state index is 13.9. The van der Waals surface area contributed by atoms with Crippen LogP contribution in [0.1, 0.15) is 5.56 Å². The van der Waals surface area contributed by atoms with Crippen LogP contribution in [0.3, 0.4) is 0 Å². The predicted molar refractivity (Wildman–Crippen MR) is 71.0 cm³/mol. The number of rotatable bonds is 3. The molecular formula is C14H6BrF7O. The van der Waals surface area contributed by atoms with Gasteiger partial charge < -0.3 is 4.74 Å². The molecule has 0 aromatic heterocycles. The molecule has 9 heteroatoms. The van der Waals surface area contributed by atoms with Crippen molar-refractivity contribution < 1.29 is 35.5 Å². The Balaban J connectivity index is 2.51. The van der Waals surface area contributed by atoms with E-state index in [0.29, 0.717) is 0 Å². The van der Waals surface area contributed by atoms with Gasteiger partial charge in [0, 0.05) is 10.9 Å². The molecule has 0 aliphatic carbocycles. The van der Waals surface area contributed by atoms with Crippen molar-refractivity contribution in [3.05, 3.63) is 53.1 Å². The fourth-order valence-electron chi connectivity index (χ4n) is 1.87. The molecule has 0 spiro atoms. The fraction of sp³-hybridized carbons (Fsp3) is 0.143. The Labute approximate surface area is 133 Å². The van der Waals surface area contributed by atoms with Crippen LogP contribution in [0.25, 0.3) is 11.1 Å². The van der Waals surface area contributed by atoms with Gasteiger partial charge in [-0.1, -0.05) is 28.1 Å². The summed E-state index contributed by atoms with van der Waals surface area (Å²) in [6.45, 7) is 0. The van der Waals surface area contributed by atoms with Crippen LogP contribution >= 0.6 is 15.9 Å². The van der Waals surface area contributed by atoms with E-state index in [9.17, 15) is 30.7 Å². The van der Waals surface area contributed by atoms with Gasteiger partial charge in [-0.15, -0.1) is 13.2 Å². The van der Waals surface area contributed by atoms with E-state index in [0.717, 1.165) is 24.3 Å². The van der Waals surface area contributed by atoms with Crippen molar-refractivity contribution in [2.45, 2.75) is 11.7 Å². The summed E-state index contributed by atoms with van der Waals surface area (Å²) in [7, 11) is 0. The molecule has 0 saturated heterocycles. The standard InChI is InChI=1S/C14H6BrF7O/c15-5-8-10(16)12(18)9(13(19)11(8)17)6-1-3-7(4-2-6)23-14(20,21)22/h1-4H,5H2. The SMILES string of the molecule is Fc1c(F)c(-c2ccc(OC(F)(F)F)cc2)c(F)c(F)c1CBr. The van der Waals surface area contributed by atoms with Crippen molar-refractivity contribution in [3.63, 3.8) is 0 Å². The number of halogens is 8. The Morgan fingerprint density at radius 1 is 0.826 bits per heavy atom. The average Bonchev–Trinajstić information content (AvgIpc) is 2.46. The Morgan fingerprint density at radius 3 is 1.70 bits per heavy atom. The molecule has 0 heterocycles. The topological polar surface area (TPSA) is 9.23 Å². The van der Waals surface area contributed by atoms with E-state index in [1.807, 2.05) is 0 Å². The van der Waals surface area contributed by atoms with Crippen LogP contribution in [0.5, 0.6) is 5.75 Å². The molecule has 2 aromatic rings. The van der Waals surface area contributed by atoms with Crippen LogP contribution in [0.2, 0.25) is 0 Å². The van der Waals surface area contributed by atoms with Gasteiger partial charge in [-0.05, 0) is 17.7 Å². The maximum atomic E-state index is 13.9. The summed E-state index contributed by atoms with van der Waals surface area (Å²) < 4.78 is 95.0. The second-order valence-corrected chi connectivity index (χ2v) is 4.88. The molecule has 23 heavy (non-hydrogen) atoms. The molecule has 2 aromatic carbocycles. The molecular weight excluding hydrogens is 397 g/mol. The highest BCUT2D eigenvalue weighted by Crippen LogP contribution is 2.34. The third kappa shape index (κ3) is 3.60. The van der Waals surface area contributed by atoms with Gasteiger partial charge in [0.2, 0.25) is 0 Å². The average molecular weight is 403 g/mol. The molecule has 0 bridgehead atoms. The molecule has 0 atom stereocenters. The van der Waals surface area contributed by atoms with Gasteiger partial charge >= 0.3 is 6.36 Å². The molecule has 0 aliphatic rings. The lowest BCUT2D eigenvalue weighted by atomic mass is 10.0. The quantitative estimate of drug-likeness (QED) is 0.363. The molecule has 0 aliphatic heterocycles. The second-order valence-electron chi connectivity index (χ2n) is 4.32. The van der Waals surface area contributed by atoms with Gasteiger partial charge in [-0.2, -0.15) is 0 Å². The number of alkyl halides is 4. The van der Waals surface area contributed by atoms with Crippen molar-refractivity contribution in [3.8, 4) is 16.9 Å². The molecule has 0 unspecified atom stereocenters. The normalized spacial score (nSPS) is 11.7. The van der Waals surface area contributed by atoms with Gasteiger partial charge in [0.05, 0.1) is 5.56 Å². The van der Waals surface area contributed by atoms with E-state index in [4.69, 9.17) is 0 Å². The van der Waals surface area contributed by atoms with Crippen molar-refractivity contribution >= 4 is 15.9 Å². The largest absolute Gasteiger partial charge is 0.573 e. The Bertz CT molecular complexity index is 696. The summed E-state index contributed by atoms with van der Waals surface area (Å²) in [5, 5.41) is -0.447. The van der Waals surface area contributed by atoms with Crippen LogP contribution in [-0.2, 0) is 5.33 Å².